The standard InChI is InChI=1S/C21H28N2O5S/c1-16-8-5-6-10-18(16)23(29(4,25)26)15-21(24)22-13-7-9-17-11-12-19(27-2)20(14-17)28-3/h5-6,8,10-12,14H,7,9,13,15H2,1-4H3,(H,22,24). The van der Waals surface area contributed by atoms with E-state index in [4.69, 9.17) is 9.47 Å². The highest BCUT2D eigenvalue weighted by molar-refractivity contribution is 7.92. The molecule has 0 bridgehead atoms. The minimum atomic E-state index is -3.58. The molecule has 0 saturated heterocycles. The predicted octanol–water partition coefficient (Wildman–Crippen LogP) is 2.53. The number of anilines is 1. The van der Waals surface area contributed by atoms with Gasteiger partial charge in [0.2, 0.25) is 15.9 Å². The highest BCUT2D eigenvalue weighted by Gasteiger charge is 2.21. The summed E-state index contributed by atoms with van der Waals surface area (Å²) in [6, 6.07) is 12.8. The van der Waals surface area contributed by atoms with Gasteiger partial charge in [0, 0.05) is 6.54 Å². The van der Waals surface area contributed by atoms with Crippen molar-refractivity contribution in [3.8, 4) is 11.5 Å². The number of carbonyl (C=O) groups excluding carboxylic acids is 1. The second-order valence-corrected chi connectivity index (χ2v) is 8.61. The van der Waals surface area contributed by atoms with E-state index in [0.29, 0.717) is 30.2 Å². The van der Waals surface area contributed by atoms with Gasteiger partial charge in [-0.25, -0.2) is 8.42 Å². The number of hydrogen-bond acceptors (Lipinski definition) is 5. The summed E-state index contributed by atoms with van der Waals surface area (Å²) in [4.78, 5) is 12.3. The topological polar surface area (TPSA) is 84.9 Å². The second kappa shape index (κ2) is 10.2. The van der Waals surface area contributed by atoms with E-state index >= 15 is 0 Å². The molecule has 0 atom stereocenters. The largest absolute Gasteiger partial charge is 0.493 e. The minimum absolute atomic E-state index is 0.250. The SMILES string of the molecule is COc1ccc(CCCNC(=O)CN(c2ccccc2C)S(C)(=O)=O)cc1OC. The Bertz CT molecular complexity index is 944. The Kier molecular flexibility index (Phi) is 7.90. The summed E-state index contributed by atoms with van der Waals surface area (Å²) < 4.78 is 36.0. The molecule has 1 N–H and O–H groups in total. The molecule has 0 aliphatic carbocycles. The molecule has 8 heteroatoms. The normalized spacial score (nSPS) is 11.0. The van der Waals surface area contributed by atoms with Crippen LogP contribution in [-0.4, -0.2) is 47.9 Å². The number of ether oxygens (including phenoxy) is 2. The number of benzene rings is 2. The first-order valence-corrected chi connectivity index (χ1v) is 11.1. The van der Waals surface area contributed by atoms with E-state index < -0.39 is 10.0 Å². The maximum atomic E-state index is 12.3. The molecule has 0 heterocycles. The molecule has 0 aromatic heterocycles. The zero-order valence-electron chi connectivity index (χ0n) is 17.3. The molecule has 0 radical (unpaired) electrons. The van der Waals surface area contributed by atoms with Gasteiger partial charge in [-0.3, -0.25) is 9.10 Å². The van der Waals surface area contributed by atoms with Crippen molar-refractivity contribution in [2.45, 2.75) is 19.8 Å². The Hall–Kier alpha value is -2.74. The van der Waals surface area contributed by atoms with Crippen molar-refractivity contribution in [3.05, 3.63) is 53.6 Å². The van der Waals surface area contributed by atoms with Gasteiger partial charge in [-0.05, 0) is 49.1 Å². The summed E-state index contributed by atoms with van der Waals surface area (Å²) in [6.07, 6.45) is 2.56. The van der Waals surface area contributed by atoms with Crippen molar-refractivity contribution in [2.75, 3.05) is 37.9 Å². The van der Waals surface area contributed by atoms with E-state index in [0.717, 1.165) is 28.1 Å². The molecule has 2 rings (SSSR count). The predicted molar refractivity (Wildman–Crippen MR) is 114 cm³/mol. The van der Waals surface area contributed by atoms with Gasteiger partial charge in [0.1, 0.15) is 6.54 Å². The van der Waals surface area contributed by atoms with Crippen LogP contribution in [0.4, 0.5) is 5.69 Å². The van der Waals surface area contributed by atoms with Gasteiger partial charge in [0.05, 0.1) is 26.2 Å². The number of hydrogen-bond donors (Lipinski definition) is 1. The fraction of sp³-hybridized carbons (Fsp3) is 0.381. The molecule has 2 aromatic carbocycles. The molecule has 0 saturated carbocycles. The van der Waals surface area contributed by atoms with Crippen LogP contribution in [0.25, 0.3) is 0 Å². The molecule has 0 aliphatic heterocycles. The maximum Gasteiger partial charge on any atom is 0.240 e. The van der Waals surface area contributed by atoms with Gasteiger partial charge in [-0.15, -0.1) is 0 Å². The average Bonchev–Trinajstić information content (AvgIpc) is 2.69. The highest BCUT2D eigenvalue weighted by Crippen LogP contribution is 2.28. The number of nitrogens with zero attached hydrogens (tertiary/aromatic N) is 1. The molecule has 0 aliphatic rings. The highest BCUT2D eigenvalue weighted by atomic mass is 32.2. The quantitative estimate of drug-likeness (QED) is 0.597. The first kappa shape index (κ1) is 22.5. The van der Waals surface area contributed by atoms with Gasteiger partial charge < -0.3 is 14.8 Å². The van der Waals surface area contributed by atoms with Crippen LogP contribution in [0.2, 0.25) is 0 Å². The molecule has 158 valence electrons. The number of aryl methyl sites for hydroxylation is 2. The molecule has 2 aromatic rings. The summed E-state index contributed by atoms with van der Waals surface area (Å²) in [5, 5.41) is 2.79. The number of amides is 1. The van der Waals surface area contributed by atoms with Crippen LogP contribution < -0.4 is 19.1 Å². The summed E-state index contributed by atoms with van der Waals surface area (Å²) in [7, 11) is -0.402. The first-order chi connectivity index (χ1) is 13.8. The Labute approximate surface area is 172 Å². The third kappa shape index (κ3) is 6.39. The average molecular weight is 421 g/mol. The Balaban J connectivity index is 1.91. The van der Waals surface area contributed by atoms with Crippen LogP contribution in [0.3, 0.4) is 0 Å². The zero-order chi connectivity index (χ0) is 21.4. The molecule has 0 spiro atoms. The van der Waals surface area contributed by atoms with Gasteiger partial charge in [0.25, 0.3) is 0 Å². The van der Waals surface area contributed by atoms with Gasteiger partial charge in [0.15, 0.2) is 11.5 Å². The Morgan fingerprint density at radius 1 is 1.07 bits per heavy atom. The van der Waals surface area contributed by atoms with Gasteiger partial charge in [-0.2, -0.15) is 0 Å². The van der Waals surface area contributed by atoms with E-state index in [1.54, 1.807) is 26.4 Å². The molecule has 1 amide bonds. The van der Waals surface area contributed by atoms with Crippen molar-refractivity contribution >= 4 is 21.6 Å². The van der Waals surface area contributed by atoms with Crippen molar-refractivity contribution in [2.24, 2.45) is 0 Å². The van der Waals surface area contributed by atoms with Crippen LogP contribution in [0.1, 0.15) is 17.5 Å². The van der Waals surface area contributed by atoms with Crippen molar-refractivity contribution in [1.82, 2.24) is 5.32 Å². The molecular weight excluding hydrogens is 392 g/mol. The summed E-state index contributed by atoms with van der Waals surface area (Å²) >= 11 is 0. The van der Waals surface area contributed by atoms with Crippen molar-refractivity contribution in [1.29, 1.82) is 0 Å². The molecule has 0 unspecified atom stereocenters. The summed E-state index contributed by atoms with van der Waals surface area (Å²) in [5.41, 5.74) is 2.37. The maximum absolute atomic E-state index is 12.3. The van der Waals surface area contributed by atoms with E-state index in [2.05, 4.69) is 5.32 Å². The van der Waals surface area contributed by atoms with Crippen LogP contribution in [0, 0.1) is 6.92 Å². The third-order valence-corrected chi connectivity index (χ3v) is 5.61. The van der Waals surface area contributed by atoms with E-state index in [1.165, 1.54) is 0 Å². The van der Waals surface area contributed by atoms with E-state index in [9.17, 15) is 13.2 Å². The summed E-state index contributed by atoms with van der Waals surface area (Å²) in [5.74, 6) is 0.990. The number of methoxy groups -OCH3 is 2. The number of carbonyl (C=O) groups is 1. The van der Waals surface area contributed by atoms with E-state index in [-0.39, 0.29) is 12.5 Å². The first-order valence-electron chi connectivity index (χ1n) is 9.27. The van der Waals surface area contributed by atoms with Crippen LogP contribution in [0.5, 0.6) is 11.5 Å². The molecule has 0 fully saturated rings. The number of nitrogens with one attached hydrogen (secondary N) is 1. The van der Waals surface area contributed by atoms with Crippen LogP contribution in [0.15, 0.2) is 42.5 Å². The van der Waals surface area contributed by atoms with Gasteiger partial charge >= 0.3 is 0 Å². The zero-order valence-corrected chi connectivity index (χ0v) is 18.1. The van der Waals surface area contributed by atoms with Crippen molar-refractivity contribution in [3.63, 3.8) is 0 Å². The second-order valence-electron chi connectivity index (χ2n) is 6.70. The Morgan fingerprint density at radius 3 is 2.38 bits per heavy atom. The lowest BCUT2D eigenvalue weighted by molar-refractivity contribution is -0.119. The molecule has 7 nitrogen and oxygen atoms in total. The monoisotopic (exact) mass is 420 g/mol. The number of sulfonamides is 1. The lowest BCUT2D eigenvalue weighted by atomic mass is 10.1. The van der Waals surface area contributed by atoms with Gasteiger partial charge in [-0.1, -0.05) is 24.3 Å². The number of para-hydroxylation sites is 1. The lowest BCUT2D eigenvalue weighted by Crippen LogP contribution is -2.41. The van der Waals surface area contributed by atoms with Crippen molar-refractivity contribution < 1.29 is 22.7 Å². The molecular formula is C21H28N2O5S. The van der Waals surface area contributed by atoms with Crippen LogP contribution in [-0.2, 0) is 21.2 Å². The summed E-state index contributed by atoms with van der Waals surface area (Å²) in [6.45, 7) is 2.01. The van der Waals surface area contributed by atoms with E-state index in [1.807, 2.05) is 37.3 Å². The Morgan fingerprint density at radius 2 is 1.76 bits per heavy atom. The minimum Gasteiger partial charge on any atom is -0.493 e. The number of rotatable bonds is 10. The smallest absolute Gasteiger partial charge is 0.240 e. The van der Waals surface area contributed by atoms with Crippen LogP contribution >= 0.6 is 0 Å². The third-order valence-electron chi connectivity index (χ3n) is 4.48. The fourth-order valence-corrected chi connectivity index (χ4v) is 3.88. The molecule has 29 heavy (non-hydrogen) atoms. The lowest BCUT2D eigenvalue weighted by Gasteiger charge is -2.23. The fourth-order valence-electron chi connectivity index (χ4n) is 2.97.